The first-order valence-electron chi connectivity index (χ1n) is 14.1. The van der Waals surface area contributed by atoms with Gasteiger partial charge in [-0.1, -0.05) is 119 Å². The Morgan fingerprint density at radius 1 is 0.444 bits per heavy atom. The highest BCUT2D eigenvalue weighted by Crippen LogP contribution is 2.49. The van der Waals surface area contributed by atoms with Crippen LogP contribution in [0, 0.1) is 0 Å². The van der Waals surface area contributed by atoms with Crippen molar-refractivity contribution in [3.05, 3.63) is 66.7 Å². The number of thioether (sulfide) groups is 1. The third-order valence-corrected chi connectivity index (χ3v) is 9.61. The molecule has 0 aromatic heterocycles. The van der Waals surface area contributed by atoms with Gasteiger partial charge in [-0.2, -0.15) is 0 Å². The molecule has 0 saturated carbocycles. The Morgan fingerprint density at radius 2 is 0.861 bits per heavy atom. The average molecular weight is 487 g/mol. The van der Waals surface area contributed by atoms with E-state index in [2.05, 4.69) is 85.4 Å². The van der Waals surface area contributed by atoms with Crippen LogP contribution in [0.2, 0.25) is 0 Å². The Labute approximate surface area is 218 Å². The van der Waals surface area contributed by atoms with Crippen LogP contribution in [0.1, 0.15) is 64.7 Å². The molecule has 0 aliphatic rings. The molecule has 0 nitrogen and oxygen atoms in total. The molecule has 0 atom stereocenters. The van der Waals surface area contributed by atoms with Crippen molar-refractivity contribution in [2.75, 3.05) is 5.75 Å². The monoisotopic (exact) mass is 486 g/mol. The second-order valence-corrected chi connectivity index (χ2v) is 11.9. The Kier molecular flexibility index (Phi) is 5.78. The van der Waals surface area contributed by atoms with Gasteiger partial charge in [0.2, 0.25) is 0 Å². The van der Waals surface area contributed by atoms with Gasteiger partial charge in [-0.05, 0) is 82.9 Å². The average Bonchev–Trinajstić information content (AvgIpc) is 2.92. The van der Waals surface area contributed by atoms with E-state index in [1.54, 1.807) is 0 Å². The lowest BCUT2D eigenvalue weighted by Gasteiger charge is -2.21. The van der Waals surface area contributed by atoms with E-state index in [0.717, 1.165) is 0 Å². The van der Waals surface area contributed by atoms with E-state index in [1.165, 1.54) is 133 Å². The van der Waals surface area contributed by atoms with E-state index >= 15 is 0 Å². The Bertz CT molecular complexity index is 1720. The fourth-order valence-corrected chi connectivity index (χ4v) is 7.77. The summed E-state index contributed by atoms with van der Waals surface area (Å²) in [5.74, 6) is 1.22. The van der Waals surface area contributed by atoms with Gasteiger partial charge in [0, 0.05) is 4.90 Å². The van der Waals surface area contributed by atoms with Crippen molar-refractivity contribution in [3.63, 3.8) is 0 Å². The third-order valence-electron chi connectivity index (χ3n) is 8.47. The van der Waals surface area contributed by atoms with Crippen LogP contribution in [0.5, 0.6) is 0 Å². The highest BCUT2D eigenvalue weighted by molar-refractivity contribution is 7.99. The van der Waals surface area contributed by atoms with Crippen LogP contribution in [0.25, 0.3) is 64.6 Å². The molecule has 0 unspecified atom stereocenters. The second-order valence-electron chi connectivity index (χ2n) is 10.8. The minimum Gasteiger partial charge on any atom is -0.125 e. The molecule has 0 heterocycles. The summed E-state index contributed by atoms with van der Waals surface area (Å²) in [5, 5.41) is 17.1. The molecule has 0 amide bonds. The van der Waals surface area contributed by atoms with Crippen molar-refractivity contribution in [1.82, 2.24) is 0 Å². The zero-order valence-electron chi connectivity index (χ0n) is 21.3. The lowest BCUT2D eigenvalue weighted by atomic mass is 9.83. The van der Waals surface area contributed by atoms with E-state index in [1.807, 2.05) is 0 Å². The third kappa shape index (κ3) is 3.51. The minimum absolute atomic E-state index is 1.22. The van der Waals surface area contributed by atoms with Crippen LogP contribution >= 0.6 is 11.8 Å². The molecule has 0 aliphatic heterocycles. The summed E-state index contributed by atoms with van der Waals surface area (Å²) in [5.41, 5.74) is 0. The van der Waals surface area contributed by atoms with Gasteiger partial charge in [0.1, 0.15) is 0 Å². The number of hydrogen-bond acceptors (Lipinski definition) is 1. The lowest BCUT2D eigenvalue weighted by Crippen LogP contribution is -1.93. The van der Waals surface area contributed by atoms with Crippen LogP contribution in [0.15, 0.2) is 71.6 Å². The molecule has 0 bridgehead atoms. The number of unbranched alkanes of at least 4 members (excludes halogenated alkanes) is 8. The summed E-state index contributed by atoms with van der Waals surface area (Å²) >= 11 is 2.08. The molecule has 7 rings (SSSR count). The van der Waals surface area contributed by atoms with Gasteiger partial charge < -0.3 is 0 Å². The first-order valence-corrected chi connectivity index (χ1v) is 15.1. The second kappa shape index (κ2) is 9.27. The van der Waals surface area contributed by atoms with Gasteiger partial charge >= 0.3 is 0 Å². The topological polar surface area (TPSA) is 0 Å². The molecule has 36 heavy (non-hydrogen) atoms. The molecule has 180 valence electrons. The lowest BCUT2D eigenvalue weighted by molar-refractivity contribution is 0.573. The summed E-state index contributed by atoms with van der Waals surface area (Å²) in [7, 11) is 0. The van der Waals surface area contributed by atoms with Gasteiger partial charge in [-0.3, -0.25) is 0 Å². The predicted molar refractivity (Wildman–Crippen MR) is 163 cm³/mol. The van der Waals surface area contributed by atoms with E-state index in [0.29, 0.717) is 0 Å². The summed E-state index contributed by atoms with van der Waals surface area (Å²) in [6.07, 6.45) is 12.5. The molecule has 1 heteroatoms. The molecule has 0 saturated heterocycles. The smallest absolute Gasteiger partial charge is 0.0157 e. The fourth-order valence-electron chi connectivity index (χ4n) is 6.67. The molecule has 7 aromatic rings. The SMILES string of the molecule is CCCCCCCCCCCSc1cc2ccc3ccc4ccc5ccc6ccc1c1c6c5c4c3c21. The van der Waals surface area contributed by atoms with Crippen molar-refractivity contribution >= 4 is 76.4 Å². The van der Waals surface area contributed by atoms with Gasteiger partial charge in [0.15, 0.2) is 0 Å². The minimum atomic E-state index is 1.22. The number of benzene rings is 7. The highest BCUT2D eigenvalue weighted by atomic mass is 32.2. The quantitative estimate of drug-likeness (QED) is 0.0758. The maximum Gasteiger partial charge on any atom is 0.0157 e. The summed E-state index contributed by atoms with van der Waals surface area (Å²) in [4.78, 5) is 1.46. The number of rotatable bonds is 11. The van der Waals surface area contributed by atoms with Gasteiger partial charge in [0.05, 0.1) is 0 Å². The van der Waals surface area contributed by atoms with Crippen molar-refractivity contribution in [1.29, 1.82) is 0 Å². The molecular weight excluding hydrogens is 452 g/mol. The van der Waals surface area contributed by atoms with Crippen LogP contribution in [-0.4, -0.2) is 5.75 Å². The zero-order chi connectivity index (χ0) is 24.1. The van der Waals surface area contributed by atoms with E-state index in [-0.39, 0.29) is 0 Å². The van der Waals surface area contributed by atoms with Gasteiger partial charge in [-0.15, -0.1) is 11.8 Å². The van der Waals surface area contributed by atoms with Crippen molar-refractivity contribution < 1.29 is 0 Å². The molecule has 7 aromatic carbocycles. The first kappa shape index (κ1) is 22.4. The number of hydrogen-bond donors (Lipinski definition) is 0. The van der Waals surface area contributed by atoms with E-state index < -0.39 is 0 Å². The van der Waals surface area contributed by atoms with Gasteiger partial charge in [0.25, 0.3) is 0 Å². The van der Waals surface area contributed by atoms with Crippen molar-refractivity contribution in [2.24, 2.45) is 0 Å². The molecule has 0 spiro atoms. The van der Waals surface area contributed by atoms with E-state index in [4.69, 9.17) is 0 Å². The first-order chi connectivity index (χ1) is 17.8. The Balaban J connectivity index is 1.25. The van der Waals surface area contributed by atoms with Gasteiger partial charge in [-0.25, -0.2) is 0 Å². The summed E-state index contributed by atoms with van der Waals surface area (Å²) in [6, 6.07) is 25.8. The van der Waals surface area contributed by atoms with Crippen LogP contribution in [0.3, 0.4) is 0 Å². The van der Waals surface area contributed by atoms with Crippen LogP contribution < -0.4 is 0 Å². The largest absolute Gasteiger partial charge is 0.125 e. The standard InChI is InChI=1S/C35H34S/c1-2-3-4-5-6-7-8-9-10-21-36-29-22-27-18-17-25-14-12-23-11-13-24-15-16-26-19-20-28(29)35-33(26)31(24)30(23)32(25)34(27)35/h11-20,22H,2-10,21H2,1H3. The molecular formula is C35H34S. The predicted octanol–water partition coefficient (Wildman–Crippen LogP) is 11.5. The van der Waals surface area contributed by atoms with E-state index in [9.17, 15) is 0 Å². The summed E-state index contributed by atoms with van der Waals surface area (Å²) in [6.45, 7) is 2.30. The maximum atomic E-state index is 2.48. The van der Waals surface area contributed by atoms with Crippen molar-refractivity contribution in [3.8, 4) is 0 Å². The van der Waals surface area contributed by atoms with Crippen molar-refractivity contribution in [2.45, 2.75) is 69.6 Å². The molecule has 0 N–H and O–H groups in total. The normalized spacial score (nSPS) is 12.7. The van der Waals surface area contributed by atoms with Crippen LogP contribution in [-0.2, 0) is 0 Å². The molecule has 0 radical (unpaired) electrons. The molecule has 0 aliphatic carbocycles. The molecule has 0 fully saturated rings. The highest BCUT2D eigenvalue weighted by Gasteiger charge is 2.21. The maximum absolute atomic E-state index is 2.48. The fraction of sp³-hybridized carbons (Fsp3) is 0.314. The Morgan fingerprint density at radius 3 is 1.42 bits per heavy atom. The summed E-state index contributed by atoms with van der Waals surface area (Å²) < 4.78 is 0. The Hall–Kier alpha value is -2.77. The van der Waals surface area contributed by atoms with Crippen LogP contribution in [0.4, 0.5) is 0 Å². The zero-order valence-corrected chi connectivity index (χ0v) is 22.1.